The van der Waals surface area contributed by atoms with Crippen molar-refractivity contribution in [3.63, 3.8) is 0 Å². The van der Waals surface area contributed by atoms with E-state index in [-0.39, 0.29) is 5.82 Å². The lowest BCUT2D eigenvalue weighted by molar-refractivity contribution is 0.628. The Bertz CT molecular complexity index is 1510. The summed E-state index contributed by atoms with van der Waals surface area (Å²) < 4.78 is 19.7. The van der Waals surface area contributed by atoms with E-state index in [1.54, 1.807) is 12.1 Å². The first-order valence-corrected chi connectivity index (χ1v) is 9.84. The average molecular weight is 389 g/mol. The number of benzene rings is 4. The fourth-order valence-electron chi connectivity index (χ4n) is 4.08. The number of aromatic nitrogens is 1. The minimum Gasteiger partial charge on any atom is -0.456 e. The third-order valence-corrected chi connectivity index (χ3v) is 5.53. The standard InChI is InChI=1S/C27H16FNO/c28-20-12-9-18(10-13-20)24-16-22(26-15-19-6-2-4-8-25(19)30-26)27-21-7-3-1-5-17(21)11-14-23(27)29-24/h1-16H. The molecule has 0 saturated carbocycles. The third kappa shape index (κ3) is 2.67. The first-order valence-electron chi connectivity index (χ1n) is 9.84. The van der Waals surface area contributed by atoms with Crippen LogP contribution in [0.3, 0.4) is 0 Å². The lowest BCUT2D eigenvalue weighted by Gasteiger charge is -2.11. The number of pyridine rings is 1. The van der Waals surface area contributed by atoms with Gasteiger partial charge in [-0.2, -0.15) is 0 Å². The molecule has 2 aromatic heterocycles. The summed E-state index contributed by atoms with van der Waals surface area (Å²) in [5.74, 6) is 0.534. The maximum Gasteiger partial charge on any atom is 0.136 e. The minimum atomic E-state index is -0.261. The molecule has 0 bridgehead atoms. The Morgan fingerprint density at radius 2 is 1.47 bits per heavy atom. The lowest BCUT2D eigenvalue weighted by atomic mass is 9.97. The Labute approximate surface area is 172 Å². The monoisotopic (exact) mass is 389 g/mol. The zero-order valence-electron chi connectivity index (χ0n) is 16.0. The van der Waals surface area contributed by atoms with Crippen LogP contribution in [0.4, 0.5) is 4.39 Å². The van der Waals surface area contributed by atoms with Crippen molar-refractivity contribution >= 4 is 32.6 Å². The third-order valence-electron chi connectivity index (χ3n) is 5.53. The van der Waals surface area contributed by atoms with Gasteiger partial charge in [0.1, 0.15) is 17.2 Å². The van der Waals surface area contributed by atoms with Gasteiger partial charge in [0.15, 0.2) is 0 Å². The molecule has 0 spiro atoms. The van der Waals surface area contributed by atoms with E-state index < -0.39 is 0 Å². The molecule has 3 heteroatoms. The summed E-state index contributed by atoms with van der Waals surface area (Å²) in [6, 6.07) is 31.0. The fraction of sp³-hybridized carbons (Fsp3) is 0. The van der Waals surface area contributed by atoms with E-state index in [0.717, 1.165) is 55.2 Å². The number of rotatable bonds is 2. The van der Waals surface area contributed by atoms with E-state index in [0.29, 0.717) is 0 Å². The Morgan fingerprint density at radius 3 is 2.30 bits per heavy atom. The average Bonchev–Trinajstić information content (AvgIpc) is 3.23. The lowest BCUT2D eigenvalue weighted by Crippen LogP contribution is -1.91. The molecule has 0 fully saturated rings. The van der Waals surface area contributed by atoms with Crippen LogP contribution in [0, 0.1) is 5.82 Å². The number of para-hydroxylation sites is 1. The molecule has 30 heavy (non-hydrogen) atoms. The van der Waals surface area contributed by atoms with Crippen molar-refractivity contribution in [2.24, 2.45) is 0 Å². The van der Waals surface area contributed by atoms with Gasteiger partial charge in [0.05, 0.1) is 11.2 Å². The van der Waals surface area contributed by atoms with Crippen LogP contribution in [0.2, 0.25) is 0 Å². The predicted octanol–water partition coefficient (Wildman–Crippen LogP) is 7.61. The number of hydrogen-bond acceptors (Lipinski definition) is 2. The van der Waals surface area contributed by atoms with Gasteiger partial charge in [0, 0.05) is 21.9 Å². The zero-order valence-corrected chi connectivity index (χ0v) is 16.0. The normalized spacial score (nSPS) is 11.5. The van der Waals surface area contributed by atoms with Gasteiger partial charge in [-0.1, -0.05) is 48.5 Å². The van der Waals surface area contributed by atoms with Crippen LogP contribution in [-0.2, 0) is 0 Å². The maximum absolute atomic E-state index is 13.5. The highest BCUT2D eigenvalue weighted by Crippen LogP contribution is 2.38. The highest BCUT2D eigenvalue weighted by molar-refractivity contribution is 6.13. The van der Waals surface area contributed by atoms with Crippen LogP contribution < -0.4 is 0 Å². The molecule has 0 aliphatic rings. The summed E-state index contributed by atoms with van der Waals surface area (Å²) in [6.07, 6.45) is 0. The highest BCUT2D eigenvalue weighted by Gasteiger charge is 2.15. The molecule has 0 saturated heterocycles. The Hall–Kier alpha value is -3.98. The molecule has 2 heterocycles. The van der Waals surface area contributed by atoms with Crippen LogP contribution in [0.5, 0.6) is 0 Å². The summed E-state index contributed by atoms with van der Waals surface area (Å²) in [5, 5.41) is 4.39. The summed E-state index contributed by atoms with van der Waals surface area (Å²) in [6.45, 7) is 0. The minimum absolute atomic E-state index is 0.261. The Kier molecular flexibility index (Phi) is 3.68. The van der Waals surface area contributed by atoms with Crippen molar-refractivity contribution in [3.8, 4) is 22.6 Å². The van der Waals surface area contributed by atoms with Gasteiger partial charge in [-0.05, 0) is 59.3 Å². The molecule has 6 rings (SSSR count). The smallest absolute Gasteiger partial charge is 0.136 e. The highest BCUT2D eigenvalue weighted by atomic mass is 19.1. The maximum atomic E-state index is 13.5. The van der Waals surface area contributed by atoms with Crippen molar-refractivity contribution in [1.82, 2.24) is 4.98 Å². The van der Waals surface area contributed by atoms with E-state index in [1.807, 2.05) is 48.5 Å². The molecular formula is C27H16FNO. The van der Waals surface area contributed by atoms with Gasteiger partial charge in [-0.25, -0.2) is 9.37 Å². The SMILES string of the molecule is Fc1ccc(-c2cc(-c3cc4ccccc4o3)c3c(ccc4ccccc43)n2)cc1. The fourth-order valence-corrected chi connectivity index (χ4v) is 4.08. The summed E-state index contributed by atoms with van der Waals surface area (Å²) in [5.41, 5.74) is 4.36. The summed E-state index contributed by atoms with van der Waals surface area (Å²) >= 11 is 0. The van der Waals surface area contributed by atoms with E-state index in [1.165, 1.54) is 12.1 Å². The molecule has 0 radical (unpaired) electrons. The zero-order chi connectivity index (χ0) is 20.1. The first kappa shape index (κ1) is 16.9. The van der Waals surface area contributed by atoms with Crippen molar-refractivity contribution in [1.29, 1.82) is 0 Å². The van der Waals surface area contributed by atoms with Gasteiger partial charge in [0.25, 0.3) is 0 Å². The van der Waals surface area contributed by atoms with Gasteiger partial charge < -0.3 is 4.42 Å². The first-order chi connectivity index (χ1) is 14.8. The molecular weight excluding hydrogens is 373 g/mol. The molecule has 6 aromatic rings. The Balaban J connectivity index is 1.72. The largest absolute Gasteiger partial charge is 0.456 e. The van der Waals surface area contributed by atoms with E-state index in [9.17, 15) is 4.39 Å². The second-order valence-corrected chi connectivity index (χ2v) is 7.39. The molecule has 142 valence electrons. The number of nitrogens with zero attached hydrogens (tertiary/aromatic N) is 1. The van der Waals surface area contributed by atoms with Crippen molar-refractivity contribution in [2.45, 2.75) is 0 Å². The van der Waals surface area contributed by atoms with Gasteiger partial charge in [0.2, 0.25) is 0 Å². The molecule has 2 nitrogen and oxygen atoms in total. The van der Waals surface area contributed by atoms with Crippen LogP contribution in [0.15, 0.2) is 101 Å². The quantitative estimate of drug-likeness (QED) is 0.285. The Morgan fingerprint density at radius 1 is 0.700 bits per heavy atom. The van der Waals surface area contributed by atoms with Crippen LogP contribution >= 0.6 is 0 Å². The number of furan rings is 1. The van der Waals surface area contributed by atoms with Crippen LogP contribution in [0.25, 0.3) is 55.2 Å². The second kappa shape index (κ2) is 6.53. The molecule has 0 unspecified atom stereocenters. The van der Waals surface area contributed by atoms with Crippen LogP contribution in [0.1, 0.15) is 0 Å². The predicted molar refractivity (Wildman–Crippen MR) is 120 cm³/mol. The van der Waals surface area contributed by atoms with E-state index >= 15 is 0 Å². The molecule has 0 aliphatic heterocycles. The summed E-state index contributed by atoms with van der Waals surface area (Å²) in [4.78, 5) is 4.90. The van der Waals surface area contributed by atoms with Crippen molar-refractivity contribution in [3.05, 3.63) is 103 Å². The number of hydrogen-bond donors (Lipinski definition) is 0. The number of halogens is 1. The molecule has 4 aromatic carbocycles. The number of fused-ring (bicyclic) bond motifs is 4. The van der Waals surface area contributed by atoms with Crippen molar-refractivity contribution < 1.29 is 8.81 Å². The van der Waals surface area contributed by atoms with E-state index in [4.69, 9.17) is 9.40 Å². The van der Waals surface area contributed by atoms with Crippen LogP contribution in [-0.4, -0.2) is 4.98 Å². The molecule has 0 aliphatic carbocycles. The summed E-state index contributed by atoms with van der Waals surface area (Å²) in [7, 11) is 0. The van der Waals surface area contributed by atoms with Gasteiger partial charge >= 0.3 is 0 Å². The molecule has 0 N–H and O–H groups in total. The van der Waals surface area contributed by atoms with E-state index in [2.05, 4.69) is 24.3 Å². The van der Waals surface area contributed by atoms with Crippen molar-refractivity contribution in [2.75, 3.05) is 0 Å². The molecule has 0 amide bonds. The van der Waals surface area contributed by atoms with Gasteiger partial charge in [-0.15, -0.1) is 0 Å². The topological polar surface area (TPSA) is 26.0 Å². The van der Waals surface area contributed by atoms with Gasteiger partial charge in [-0.3, -0.25) is 0 Å². The second-order valence-electron chi connectivity index (χ2n) is 7.39. The molecule has 0 atom stereocenters.